The fourth-order valence-electron chi connectivity index (χ4n) is 3.64. The molecule has 1 fully saturated rings. The van der Waals surface area contributed by atoms with Crippen molar-refractivity contribution in [2.45, 2.75) is 63.9 Å². The SMILES string of the molecule is CC#C[C@@]1(N)C(O)[C@@H](CO[P@](=O)(Oc2ccccc2)O[C@@H](C)C(=O)OC(C)C)O[C@H]1n1cc(F)c(=O)[nH]c1=O. The molecular formula is C24H29FN3O10P. The van der Waals surface area contributed by atoms with Crippen molar-refractivity contribution >= 4 is 13.8 Å². The number of hydrogen-bond acceptors (Lipinski definition) is 11. The predicted molar refractivity (Wildman–Crippen MR) is 134 cm³/mol. The third-order valence-electron chi connectivity index (χ3n) is 5.40. The van der Waals surface area contributed by atoms with E-state index in [-0.39, 0.29) is 5.75 Å². The highest BCUT2D eigenvalue weighted by Gasteiger charge is 2.55. The van der Waals surface area contributed by atoms with Crippen molar-refractivity contribution in [3.63, 3.8) is 0 Å². The molecule has 0 radical (unpaired) electrons. The van der Waals surface area contributed by atoms with E-state index in [1.807, 2.05) is 0 Å². The molecule has 3 rings (SSSR count). The van der Waals surface area contributed by atoms with Crippen LogP contribution in [0.2, 0.25) is 0 Å². The van der Waals surface area contributed by atoms with Crippen molar-refractivity contribution in [1.29, 1.82) is 0 Å². The number of benzene rings is 1. The molecule has 4 N–H and O–H groups in total. The number of H-pyrrole nitrogens is 1. The van der Waals surface area contributed by atoms with E-state index < -0.39 is 73.6 Å². The number of nitrogens with zero attached hydrogens (tertiary/aromatic N) is 1. The van der Waals surface area contributed by atoms with Crippen molar-refractivity contribution < 1.29 is 41.9 Å². The third kappa shape index (κ3) is 7.02. The summed E-state index contributed by atoms with van der Waals surface area (Å²) >= 11 is 0. The first-order valence-corrected chi connectivity index (χ1v) is 13.2. The minimum absolute atomic E-state index is 0.0799. The molecule has 0 saturated carbocycles. The van der Waals surface area contributed by atoms with Gasteiger partial charge in [0, 0.05) is 0 Å². The number of carbonyl (C=O) groups excluding carboxylic acids is 1. The van der Waals surface area contributed by atoms with Gasteiger partial charge < -0.3 is 24.8 Å². The summed E-state index contributed by atoms with van der Waals surface area (Å²) in [4.78, 5) is 37.9. The Hall–Kier alpha value is -3.31. The molecule has 15 heteroatoms. The molecule has 212 valence electrons. The second-order valence-corrected chi connectivity index (χ2v) is 10.3. The van der Waals surface area contributed by atoms with E-state index in [2.05, 4.69) is 11.8 Å². The fraction of sp³-hybridized carbons (Fsp3) is 0.458. The molecule has 1 aromatic heterocycles. The summed E-state index contributed by atoms with van der Waals surface area (Å²) in [5.74, 6) is 2.99. The van der Waals surface area contributed by atoms with E-state index in [1.165, 1.54) is 26.0 Å². The van der Waals surface area contributed by atoms with Crippen molar-refractivity contribution in [2.75, 3.05) is 6.61 Å². The number of aromatic nitrogens is 2. The molecule has 2 heterocycles. The van der Waals surface area contributed by atoms with Gasteiger partial charge in [-0.05, 0) is 39.8 Å². The van der Waals surface area contributed by atoms with Gasteiger partial charge in [0.1, 0.15) is 18.0 Å². The summed E-state index contributed by atoms with van der Waals surface area (Å²) < 4.78 is 55.2. The first kappa shape index (κ1) is 30.2. The van der Waals surface area contributed by atoms with Crippen LogP contribution >= 0.6 is 7.82 Å². The summed E-state index contributed by atoms with van der Waals surface area (Å²) in [6.45, 7) is 5.23. The maximum atomic E-state index is 14.0. The molecule has 1 aliphatic rings. The zero-order valence-corrected chi connectivity index (χ0v) is 22.4. The Morgan fingerprint density at radius 1 is 1.31 bits per heavy atom. The number of rotatable bonds is 10. The van der Waals surface area contributed by atoms with Crippen molar-refractivity contribution in [3.8, 4) is 17.6 Å². The van der Waals surface area contributed by atoms with E-state index in [0.717, 1.165) is 0 Å². The normalized spacial score (nSPS) is 24.9. The molecule has 39 heavy (non-hydrogen) atoms. The molecule has 0 spiro atoms. The number of phosphoric acid groups is 1. The number of hydrogen-bond donors (Lipinski definition) is 3. The molecule has 1 unspecified atom stereocenters. The van der Waals surface area contributed by atoms with Gasteiger partial charge in [-0.1, -0.05) is 24.1 Å². The lowest BCUT2D eigenvalue weighted by molar-refractivity contribution is -0.156. The van der Waals surface area contributed by atoms with E-state index >= 15 is 0 Å². The monoisotopic (exact) mass is 569 g/mol. The average molecular weight is 569 g/mol. The Morgan fingerprint density at radius 3 is 2.59 bits per heavy atom. The van der Waals surface area contributed by atoms with Crippen LogP contribution in [0.25, 0.3) is 0 Å². The quantitative estimate of drug-likeness (QED) is 0.213. The summed E-state index contributed by atoms with van der Waals surface area (Å²) in [6, 6.07) is 7.80. The number of esters is 1. The molecule has 2 aromatic rings. The van der Waals surface area contributed by atoms with Gasteiger partial charge in [0.15, 0.2) is 17.9 Å². The van der Waals surface area contributed by atoms with E-state index in [0.29, 0.717) is 10.8 Å². The number of carbonyl (C=O) groups is 1. The first-order chi connectivity index (χ1) is 18.3. The van der Waals surface area contributed by atoms with Crippen LogP contribution < -0.4 is 21.5 Å². The second kappa shape index (κ2) is 12.3. The van der Waals surface area contributed by atoms with Crippen LogP contribution in [0.5, 0.6) is 5.75 Å². The van der Waals surface area contributed by atoms with Gasteiger partial charge in [0.05, 0.1) is 18.9 Å². The summed E-state index contributed by atoms with van der Waals surface area (Å²) in [5.41, 5.74) is 1.97. The lowest BCUT2D eigenvalue weighted by Crippen LogP contribution is -2.55. The van der Waals surface area contributed by atoms with E-state index in [4.69, 9.17) is 28.8 Å². The zero-order valence-electron chi connectivity index (χ0n) is 21.5. The summed E-state index contributed by atoms with van der Waals surface area (Å²) in [7, 11) is -4.59. The number of para-hydroxylation sites is 1. The number of aliphatic hydroxyl groups excluding tert-OH is 1. The molecule has 0 amide bonds. The lowest BCUT2D eigenvalue weighted by Gasteiger charge is -2.27. The van der Waals surface area contributed by atoms with Gasteiger partial charge in [-0.15, -0.1) is 5.92 Å². The van der Waals surface area contributed by atoms with Gasteiger partial charge in [-0.3, -0.25) is 23.4 Å². The van der Waals surface area contributed by atoms with Crippen LogP contribution in [0.3, 0.4) is 0 Å². The Balaban J connectivity index is 1.89. The Morgan fingerprint density at radius 2 is 1.97 bits per heavy atom. The van der Waals surface area contributed by atoms with E-state index in [1.54, 1.807) is 37.0 Å². The Bertz CT molecular complexity index is 1400. The number of nitrogens with two attached hydrogens (primary N) is 1. The first-order valence-electron chi connectivity index (χ1n) is 11.7. The van der Waals surface area contributed by atoms with Crippen LogP contribution in [0, 0.1) is 17.7 Å². The number of nitrogens with one attached hydrogen (secondary N) is 1. The molecular weight excluding hydrogens is 540 g/mol. The number of aliphatic hydroxyl groups is 1. The zero-order chi connectivity index (χ0) is 29.0. The molecule has 1 saturated heterocycles. The largest absolute Gasteiger partial charge is 0.530 e. The molecule has 1 aliphatic heterocycles. The van der Waals surface area contributed by atoms with Crippen LogP contribution in [-0.2, 0) is 27.9 Å². The fourth-order valence-corrected chi connectivity index (χ4v) is 4.98. The molecule has 6 atom stereocenters. The molecule has 0 aliphatic carbocycles. The van der Waals surface area contributed by atoms with Gasteiger partial charge >= 0.3 is 19.5 Å². The minimum Gasteiger partial charge on any atom is -0.461 e. The Kier molecular flexibility index (Phi) is 9.50. The predicted octanol–water partition coefficient (Wildman–Crippen LogP) is 1.22. The van der Waals surface area contributed by atoms with Crippen molar-refractivity contribution in [3.05, 3.63) is 63.2 Å². The van der Waals surface area contributed by atoms with Crippen LogP contribution in [0.4, 0.5) is 4.39 Å². The van der Waals surface area contributed by atoms with Gasteiger partial charge in [0.25, 0.3) is 5.56 Å². The number of ether oxygens (including phenoxy) is 2. The topological polar surface area (TPSA) is 181 Å². The Labute approximate surface area is 222 Å². The second-order valence-electron chi connectivity index (χ2n) is 8.80. The number of phosphoric ester groups is 1. The van der Waals surface area contributed by atoms with Crippen LogP contribution in [0.15, 0.2) is 46.1 Å². The highest BCUT2D eigenvalue weighted by Crippen LogP contribution is 2.51. The molecule has 1 aromatic carbocycles. The average Bonchev–Trinajstić information content (AvgIpc) is 3.10. The number of halogens is 1. The highest BCUT2D eigenvalue weighted by molar-refractivity contribution is 7.49. The minimum atomic E-state index is -4.59. The summed E-state index contributed by atoms with van der Waals surface area (Å²) in [6.07, 6.45) is -5.97. The summed E-state index contributed by atoms with van der Waals surface area (Å²) in [5, 5.41) is 11.0. The van der Waals surface area contributed by atoms with Crippen molar-refractivity contribution in [2.24, 2.45) is 5.73 Å². The maximum absolute atomic E-state index is 14.0. The van der Waals surface area contributed by atoms with Crippen LogP contribution in [0.1, 0.15) is 33.9 Å². The van der Waals surface area contributed by atoms with Crippen molar-refractivity contribution in [1.82, 2.24) is 9.55 Å². The van der Waals surface area contributed by atoms with E-state index in [9.17, 15) is 28.4 Å². The highest BCUT2D eigenvalue weighted by atomic mass is 31.2. The standard InChI is InChI=1S/C24H29FN3O10P/c1-5-11-24(26)19(29)18(36-22(24)28-12-17(25)20(30)27-23(28)32)13-34-39(33,38-16-9-7-6-8-10-16)37-15(4)21(31)35-14(2)3/h6-10,12,14-15,18-19,22,29H,13,26H2,1-4H3,(H,27,30,32)/t15-,18+,19?,22+,24+,39-/m0/s1. The maximum Gasteiger partial charge on any atom is 0.530 e. The van der Waals surface area contributed by atoms with Gasteiger partial charge in [-0.2, -0.15) is 4.39 Å². The van der Waals surface area contributed by atoms with Gasteiger partial charge in [0.2, 0.25) is 5.82 Å². The third-order valence-corrected chi connectivity index (χ3v) is 6.87. The molecule has 13 nitrogen and oxygen atoms in total. The lowest BCUT2D eigenvalue weighted by atomic mass is 9.91. The smallest absolute Gasteiger partial charge is 0.461 e. The molecule has 0 bridgehead atoms. The number of aromatic amines is 1. The van der Waals surface area contributed by atoms with Crippen LogP contribution in [-0.4, -0.2) is 57.2 Å². The van der Waals surface area contributed by atoms with Gasteiger partial charge in [-0.25, -0.2) is 14.2 Å².